The summed E-state index contributed by atoms with van der Waals surface area (Å²) >= 11 is 0. The Bertz CT molecular complexity index is 322. The molecule has 16 heavy (non-hydrogen) atoms. The van der Waals surface area contributed by atoms with Crippen molar-refractivity contribution < 1.29 is 9.53 Å². The van der Waals surface area contributed by atoms with Crippen LogP contribution in [0.4, 0.5) is 0 Å². The number of benzene rings is 1. The highest BCUT2D eigenvalue weighted by Crippen LogP contribution is 2.05. The van der Waals surface area contributed by atoms with Crippen molar-refractivity contribution in [2.45, 2.75) is 38.8 Å². The summed E-state index contributed by atoms with van der Waals surface area (Å²) in [5.41, 5.74) is 7.03. The predicted molar refractivity (Wildman–Crippen MR) is 64.0 cm³/mol. The van der Waals surface area contributed by atoms with Gasteiger partial charge in [0, 0.05) is 6.04 Å². The molecule has 0 aliphatic rings. The van der Waals surface area contributed by atoms with Crippen molar-refractivity contribution in [3.63, 3.8) is 0 Å². The molecule has 0 spiro atoms. The van der Waals surface area contributed by atoms with E-state index in [-0.39, 0.29) is 24.5 Å². The van der Waals surface area contributed by atoms with Crippen molar-refractivity contribution in [1.82, 2.24) is 0 Å². The maximum Gasteiger partial charge on any atom is 0.307 e. The van der Waals surface area contributed by atoms with E-state index in [2.05, 4.69) is 0 Å². The summed E-state index contributed by atoms with van der Waals surface area (Å²) in [5, 5.41) is 0. The average molecular weight is 221 g/mol. The molecule has 0 radical (unpaired) electrons. The highest BCUT2D eigenvalue weighted by atomic mass is 16.5. The molecule has 1 unspecified atom stereocenters. The van der Waals surface area contributed by atoms with E-state index in [1.54, 1.807) is 0 Å². The van der Waals surface area contributed by atoms with Gasteiger partial charge in [0.05, 0.1) is 12.5 Å². The molecular formula is C13H19NO2. The smallest absolute Gasteiger partial charge is 0.307 e. The third-order valence-corrected chi connectivity index (χ3v) is 2.14. The first-order chi connectivity index (χ1) is 7.58. The summed E-state index contributed by atoms with van der Waals surface area (Å²) in [7, 11) is 0. The minimum absolute atomic E-state index is 0.0728. The number of ether oxygens (including phenoxy) is 1. The van der Waals surface area contributed by atoms with Crippen LogP contribution >= 0.6 is 0 Å². The third-order valence-electron chi connectivity index (χ3n) is 2.14. The summed E-state index contributed by atoms with van der Waals surface area (Å²) in [5.74, 6) is -0.224. The van der Waals surface area contributed by atoms with Crippen LogP contribution in [0.25, 0.3) is 0 Å². The topological polar surface area (TPSA) is 52.3 Å². The Morgan fingerprint density at radius 3 is 2.50 bits per heavy atom. The summed E-state index contributed by atoms with van der Waals surface area (Å²) < 4.78 is 5.04. The molecule has 1 aromatic rings. The van der Waals surface area contributed by atoms with Gasteiger partial charge in [0.25, 0.3) is 0 Å². The molecule has 1 atom stereocenters. The molecule has 88 valence electrons. The van der Waals surface area contributed by atoms with Gasteiger partial charge >= 0.3 is 5.97 Å². The molecule has 0 aliphatic heterocycles. The van der Waals surface area contributed by atoms with Gasteiger partial charge in [0.15, 0.2) is 0 Å². The van der Waals surface area contributed by atoms with Crippen molar-refractivity contribution in [2.75, 3.05) is 0 Å². The monoisotopic (exact) mass is 221 g/mol. The lowest BCUT2D eigenvalue weighted by Crippen LogP contribution is -2.28. The zero-order chi connectivity index (χ0) is 12.0. The quantitative estimate of drug-likeness (QED) is 0.773. The van der Waals surface area contributed by atoms with Crippen LogP contribution in [0.5, 0.6) is 0 Å². The second-order valence-corrected chi connectivity index (χ2v) is 4.19. The number of nitrogens with two attached hydrogens (primary N) is 1. The van der Waals surface area contributed by atoms with Gasteiger partial charge in [-0.15, -0.1) is 0 Å². The van der Waals surface area contributed by atoms with Gasteiger partial charge in [-0.2, -0.15) is 0 Å². The lowest BCUT2D eigenvalue weighted by molar-refractivity contribution is -0.147. The van der Waals surface area contributed by atoms with Crippen LogP contribution in [0.2, 0.25) is 0 Å². The van der Waals surface area contributed by atoms with Crippen molar-refractivity contribution in [1.29, 1.82) is 0 Å². The fourth-order valence-electron chi connectivity index (χ4n) is 1.51. The molecule has 0 fully saturated rings. The van der Waals surface area contributed by atoms with Gasteiger partial charge in [-0.05, 0) is 25.8 Å². The average Bonchev–Trinajstić information content (AvgIpc) is 2.17. The van der Waals surface area contributed by atoms with Crippen LogP contribution in [0.3, 0.4) is 0 Å². The maximum atomic E-state index is 11.4. The molecule has 3 heteroatoms. The zero-order valence-corrected chi connectivity index (χ0v) is 9.85. The van der Waals surface area contributed by atoms with Crippen molar-refractivity contribution >= 4 is 5.97 Å². The molecule has 2 N–H and O–H groups in total. The first-order valence-corrected chi connectivity index (χ1v) is 5.57. The second-order valence-electron chi connectivity index (χ2n) is 4.19. The van der Waals surface area contributed by atoms with E-state index in [0.717, 1.165) is 5.56 Å². The SMILES string of the molecule is CC(C)OC(=O)CC(N)Cc1ccccc1. The van der Waals surface area contributed by atoms with E-state index in [9.17, 15) is 4.79 Å². The molecule has 0 aromatic heterocycles. The van der Waals surface area contributed by atoms with Crippen LogP contribution in [-0.4, -0.2) is 18.1 Å². The molecule has 0 amide bonds. The fourth-order valence-corrected chi connectivity index (χ4v) is 1.51. The minimum Gasteiger partial charge on any atom is -0.463 e. The Hall–Kier alpha value is -1.35. The normalized spacial score (nSPS) is 12.5. The summed E-state index contributed by atoms with van der Waals surface area (Å²) in [4.78, 5) is 11.4. The summed E-state index contributed by atoms with van der Waals surface area (Å²) in [6.07, 6.45) is 0.901. The lowest BCUT2D eigenvalue weighted by atomic mass is 10.0. The Labute approximate surface area is 96.6 Å². The lowest BCUT2D eigenvalue weighted by Gasteiger charge is -2.12. The van der Waals surface area contributed by atoms with Crippen molar-refractivity contribution in [2.24, 2.45) is 5.73 Å². The third kappa shape index (κ3) is 4.94. The minimum atomic E-state index is -0.224. The number of rotatable bonds is 5. The van der Waals surface area contributed by atoms with Crippen LogP contribution in [0.1, 0.15) is 25.8 Å². The first kappa shape index (κ1) is 12.7. The number of carbonyl (C=O) groups is 1. The fraction of sp³-hybridized carbons (Fsp3) is 0.462. The zero-order valence-electron chi connectivity index (χ0n) is 9.85. The Morgan fingerprint density at radius 2 is 1.94 bits per heavy atom. The second kappa shape index (κ2) is 6.28. The predicted octanol–water partition coefficient (Wildman–Crippen LogP) is 1.90. The number of esters is 1. The van der Waals surface area contributed by atoms with Gasteiger partial charge in [-0.1, -0.05) is 30.3 Å². The van der Waals surface area contributed by atoms with Gasteiger partial charge in [-0.3, -0.25) is 4.79 Å². The number of hydrogen-bond acceptors (Lipinski definition) is 3. The number of carbonyl (C=O) groups excluding carboxylic acids is 1. The molecule has 1 aromatic carbocycles. The largest absolute Gasteiger partial charge is 0.463 e. The van der Waals surface area contributed by atoms with Gasteiger partial charge in [0.1, 0.15) is 0 Å². The first-order valence-electron chi connectivity index (χ1n) is 5.57. The van der Waals surface area contributed by atoms with E-state index in [1.807, 2.05) is 44.2 Å². The number of hydrogen-bond donors (Lipinski definition) is 1. The Morgan fingerprint density at radius 1 is 1.31 bits per heavy atom. The molecule has 0 aliphatic carbocycles. The summed E-state index contributed by atoms with van der Waals surface area (Å²) in [6.45, 7) is 3.67. The Balaban J connectivity index is 2.36. The van der Waals surface area contributed by atoms with Crippen molar-refractivity contribution in [3.05, 3.63) is 35.9 Å². The van der Waals surface area contributed by atoms with Gasteiger partial charge in [-0.25, -0.2) is 0 Å². The molecule has 1 rings (SSSR count). The van der Waals surface area contributed by atoms with E-state index >= 15 is 0 Å². The molecule has 3 nitrogen and oxygen atoms in total. The van der Waals surface area contributed by atoms with Gasteiger partial charge < -0.3 is 10.5 Å². The molecular weight excluding hydrogens is 202 g/mol. The van der Waals surface area contributed by atoms with E-state index < -0.39 is 0 Å². The van der Waals surface area contributed by atoms with E-state index in [0.29, 0.717) is 6.42 Å². The Kier molecular flexibility index (Phi) is 4.99. The highest BCUT2D eigenvalue weighted by Gasteiger charge is 2.12. The van der Waals surface area contributed by atoms with Crippen LogP contribution < -0.4 is 5.73 Å². The summed E-state index contributed by atoms with van der Waals surface area (Å²) in [6, 6.07) is 9.74. The van der Waals surface area contributed by atoms with Crippen LogP contribution in [0, 0.1) is 0 Å². The van der Waals surface area contributed by atoms with Crippen LogP contribution in [-0.2, 0) is 16.0 Å². The van der Waals surface area contributed by atoms with Crippen molar-refractivity contribution in [3.8, 4) is 0 Å². The van der Waals surface area contributed by atoms with E-state index in [4.69, 9.17) is 10.5 Å². The molecule has 0 heterocycles. The molecule has 0 bridgehead atoms. The van der Waals surface area contributed by atoms with E-state index in [1.165, 1.54) is 0 Å². The highest BCUT2D eigenvalue weighted by molar-refractivity contribution is 5.70. The maximum absolute atomic E-state index is 11.4. The molecule has 0 saturated heterocycles. The van der Waals surface area contributed by atoms with Crippen LogP contribution in [0.15, 0.2) is 30.3 Å². The molecule has 0 saturated carbocycles. The van der Waals surface area contributed by atoms with Gasteiger partial charge in [0.2, 0.25) is 0 Å². The standard InChI is InChI=1S/C13H19NO2/c1-10(2)16-13(15)9-12(14)8-11-6-4-3-5-7-11/h3-7,10,12H,8-9,14H2,1-2H3.